The molecule has 26 heavy (non-hydrogen) atoms. The number of methoxy groups -OCH3 is 2. The molecule has 2 rings (SSSR count). The molecule has 0 saturated carbocycles. The summed E-state index contributed by atoms with van der Waals surface area (Å²) in [6, 6.07) is 5.35. The summed E-state index contributed by atoms with van der Waals surface area (Å²) in [5, 5.41) is 5.46. The Kier molecular flexibility index (Phi) is 9.79. The van der Waals surface area contributed by atoms with Gasteiger partial charge in [-0.05, 0) is 13.0 Å². The minimum Gasteiger partial charge on any atom is -0.496 e. The van der Waals surface area contributed by atoms with Gasteiger partial charge >= 0.3 is 0 Å². The van der Waals surface area contributed by atoms with Gasteiger partial charge in [-0.25, -0.2) is 4.98 Å². The Morgan fingerprint density at radius 1 is 1.19 bits per heavy atom. The molecule has 0 atom stereocenters. The fourth-order valence-electron chi connectivity index (χ4n) is 2.07. The van der Waals surface area contributed by atoms with Gasteiger partial charge in [-0.1, -0.05) is 0 Å². The Balaban J connectivity index is 0.00000338. The number of hydrogen-bond acceptors (Lipinski definition) is 7. The SMILES string of the molecule is COc1cc(OC)cc(OCCCNC(=O)c2csc(CCN)n2)c1.Cl. The molecular formula is C17H24ClN3O4S. The third-order valence-corrected chi connectivity index (χ3v) is 4.25. The van der Waals surface area contributed by atoms with E-state index in [1.807, 2.05) is 0 Å². The summed E-state index contributed by atoms with van der Waals surface area (Å²) < 4.78 is 16.1. The van der Waals surface area contributed by atoms with Gasteiger partial charge in [0.05, 0.1) is 25.8 Å². The second-order valence-corrected chi connectivity index (χ2v) is 6.11. The van der Waals surface area contributed by atoms with Crippen molar-refractivity contribution in [3.63, 3.8) is 0 Å². The van der Waals surface area contributed by atoms with E-state index in [2.05, 4.69) is 10.3 Å². The normalized spacial score (nSPS) is 9.96. The lowest BCUT2D eigenvalue weighted by Gasteiger charge is -2.10. The van der Waals surface area contributed by atoms with Crippen LogP contribution < -0.4 is 25.3 Å². The zero-order valence-corrected chi connectivity index (χ0v) is 16.5. The van der Waals surface area contributed by atoms with Crippen LogP contribution in [0.25, 0.3) is 0 Å². The van der Waals surface area contributed by atoms with Crippen LogP contribution in [0.1, 0.15) is 21.9 Å². The van der Waals surface area contributed by atoms with Crippen LogP contribution in [0.15, 0.2) is 23.6 Å². The molecule has 7 nitrogen and oxygen atoms in total. The van der Waals surface area contributed by atoms with Gasteiger partial charge in [0.15, 0.2) is 0 Å². The Morgan fingerprint density at radius 2 is 1.85 bits per heavy atom. The third kappa shape index (κ3) is 6.70. The first kappa shape index (κ1) is 22.0. The number of thiazole rings is 1. The molecule has 0 aliphatic carbocycles. The van der Waals surface area contributed by atoms with E-state index in [4.69, 9.17) is 19.9 Å². The first-order valence-corrected chi connectivity index (χ1v) is 8.82. The maximum Gasteiger partial charge on any atom is 0.270 e. The van der Waals surface area contributed by atoms with E-state index in [9.17, 15) is 4.79 Å². The predicted molar refractivity (Wildman–Crippen MR) is 104 cm³/mol. The molecule has 1 aromatic carbocycles. The first-order chi connectivity index (χ1) is 12.2. The molecule has 1 aromatic heterocycles. The fourth-order valence-corrected chi connectivity index (χ4v) is 2.87. The number of halogens is 1. The van der Waals surface area contributed by atoms with Crippen molar-refractivity contribution in [1.82, 2.24) is 10.3 Å². The molecule has 3 N–H and O–H groups in total. The Hall–Kier alpha value is -2.03. The lowest BCUT2D eigenvalue weighted by molar-refractivity contribution is 0.0947. The lowest BCUT2D eigenvalue weighted by Crippen LogP contribution is -2.26. The number of carbonyl (C=O) groups excluding carboxylic acids is 1. The van der Waals surface area contributed by atoms with Gasteiger partial charge in [-0.3, -0.25) is 4.79 Å². The van der Waals surface area contributed by atoms with Gasteiger partial charge in [0.2, 0.25) is 0 Å². The van der Waals surface area contributed by atoms with Gasteiger partial charge in [-0.2, -0.15) is 0 Å². The van der Waals surface area contributed by atoms with Crippen LogP contribution in [0.4, 0.5) is 0 Å². The van der Waals surface area contributed by atoms with Crippen LogP contribution in [-0.2, 0) is 6.42 Å². The summed E-state index contributed by atoms with van der Waals surface area (Å²) in [4.78, 5) is 16.2. The Bertz CT molecular complexity index is 674. The van der Waals surface area contributed by atoms with Crippen LogP contribution in [0, 0.1) is 0 Å². The van der Waals surface area contributed by atoms with Crippen molar-refractivity contribution in [2.45, 2.75) is 12.8 Å². The number of ether oxygens (including phenoxy) is 3. The molecule has 144 valence electrons. The van der Waals surface area contributed by atoms with Crippen LogP contribution in [0.3, 0.4) is 0 Å². The van der Waals surface area contributed by atoms with E-state index in [0.29, 0.717) is 55.5 Å². The number of aromatic nitrogens is 1. The number of nitrogens with zero attached hydrogens (tertiary/aromatic N) is 1. The number of nitrogens with two attached hydrogens (primary N) is 1. The predicted octanol–water partition coefficient (Wildman–Crippen LogP) is 2.28. The van der Waals surface area contributed by atoms with E-state index in [1.54, 1.807) is 37.8 Å². The summed E-state index contributed by atoms with van der Waals surface area (Å²) in [5.41, 5.74) is 5.92. The van der Waals surface area contributed by atoms with Crippen molar-refractivity contribution in [3.05, 3.63) is 34.3 Å². The summed E-state index contributed by atoms with van der Waals surface area (Å²) in [6.45, 7) is 1.50. The fraction of sp³-hybridized carbons (Fsp3) is 0.412. The molecule has 0 bridgehead atoms. The quantitative estimate of drug-likeness (QED) is 0.593. The highest BCUT2D eigenvalue weighted by Gasteiger charge is 2.09. The van der Waals surface area contributed by atoms with Crippen molar-refractivity contribution in [2.75, 3.05) is 33.9 Å². The second kappa shape index (κ2) is 11.6. The molecule has 0 aliphatic heterocycles. The van der Waals surface area contributed by atoms with Crippen molar-refractivity contribution in [2.24, 2.45) is 5.73 Å². The van der Waals surface area contributed by atoms with E-state index < -0.39 is 0 Å². The lowest BCUT2D eigenvalue weighted by atomic mass is 10.3. The number of carbonyl (C=O) groups is 1. The standard InChI is InChI=1S/C17H23N3O4S.ClH/c1-22-12-8-13(23-2)10-14(9-12)24-7-3-6-19-17(21)15-11-25-16(20-15)4-5-18;/h8-11H,3-7,18H2,1-2H3,(H,19,21);1H. The average molecular weight is 402 g/mol. The minimum absolute atomic E-state index is 0. The maximum absolute atomic E-state index is 12.0. The van der Waals surface area contributed by atoms with E-state index >= 15 is 0 Å². The highest BCUT2D eigenvalue weighted by molar-refractivity contribution is 7.09. The number of rotatable bonds is 10. The smallest absolute Gasteiger partial charge is 0.270 e. The average Bonchev–Trinajstić information content (AvgIpc) is 3.10. The molecule has 0 radical (unpaired) electrons. The topological polar surface area (TPSA) is 95.7 Å². The second-order valence-electron chi connectivity index (χ2n) is 5.17. The summed E-state index contributed by atoms with van der Waals surface area (Å²) >= 11 is 1.45. The minimum atomic E-state index is -0.178. The first-order valence-electron chi connectivity index (χ1n) is 7.94. The highest BCUT2D eigenvalue weighted by Crippen LogP contribution is 2.27. The molecule has 2 aromatic rings. The van der Waals surface area contributed by atoms with E-state index in [-0.39, 0.29) is 18.3 Å². The van der Waals surface area contributed by atoms with Crippen LogP contribution >= 0.6 is 23.7 Å². The van der Waals surface area contributed by atoms with Crippen molar-refractivity contribution in [3.8, 4) is 17.2 Å². The molecule has 1 heterocycles. The largest absolute Gasteiger partial charge is 0.496 e. The Labute approximate surface area is 163 Å². The molecule has 0 aliphatic rings. The van der Waals surface area contributed by atoms with Gasteiger partial charge < -0.3 is 25.3 Å². The van der Waals surface area contributed by atoms with Crippen molar-refractivity contribution >= 4 is 29.7 Å². The number of hydrogen-bond donors (Lipinski definition) is 2. The monoisotopic (exact) mass is 401 g/mol. The molecule has 0 fully saturated rings. The molecule has 9 heteroatoms. The zero-order valence-electron chi connectivity index (χ0n) is 14.8. The molecular weight excluding hydrogens is 378 g/mol. The number of amides is 1. The van der Waals surface area contributed by atoms with Crippen LogP contribution in [-0.4, -0.2) is 44.8 Å². The van der Waals surface area contributed by atoms with Gasteiger partial charge in [0, 0.05) is 36.5 Å². The van der Waals surface area contributed by atoms with Gasteiger partial charge in [0.25, 0.3) is 5.91 Å². The number of nitrogens with one attached hydrogen (secondary N) is 1. The third-order valence-electron chi connectivity index (χ3n) is 3.34. The van der Waals surface area contributed by atoms with Crippen molar-refractivity contribution in [1.29, 1.82) is 0 Å². The number of benzene rings is 1. The van der Waals surface area contributed by atoms with Crippen LogP contribution in [0.5, 0.6) is 17.2 Å². The Morgan fingerprint density at radius 3 is 2.46 bits per heavy atom. The van der Waals surface area contributed by atoms with Gasteiger partial charge in [-0.15, -0.1) is 23.7 Å². The summed E-state index contributed by atoms with van der Waals surface area (Å²) in [7, 11) is 3.18. The van der Waals surface area contributed by atoms with E-state index in [1.165, 1.54) is 11.3 Å². The maximum atomic E-state index is 12.0. The van der Waals surface area contributed by atoms with Gasteiger partial charge in [0.1, 0.15) is 22.9 Å². The summed E-state index contributed by atoms with van der Waals surface area (Å²) in [6.07, 6.45) is 1.36. The molecule has 0 saturated heterocycles. The van der Waals surface area contributed by atoms with Crippen molar-refractivity contribution < 1.29 is 19.0 Å². The molecule has 0 unspecified atom stereocenters. The van der Waals surface area contributed by atoms with E-state index in [0.717, 1.165) is 5.01 Å². The zero-order chi connectivity index (χ0) is 18.1. The summed E-state index contributed by atoms with van der Waals surface area (Å²) in [5.74, 6) is 1.81. The molecule has 0 spiro atoms. The highest BCUT2D eigenvalue weighted by atomic mass is 35.5. The molecule has 1 amide bonds. The van der Waals surface area contributed by atoms with Crippen LogP contribution in [0.2, 0.25) is 0 Å².